The Hall–Kier alpha value is -1.81. The summed E-state index contributed by atoms with van der Waals surface area (Å²) in [6, 6.07) is 7.10. The normalized spacial score (nSPS) is 14.5. The summed E-state index contributed by atoms with van der Waals surface area (Å²) in [5.41, 5.74) is 1.27. The van der Waals surface area contributed by atoms with Gasteiger partial charge in [-0.05, 0) is 54.7 Å². The number of hydrogen-bond acceptors (Lipinski definition) is 1. The SMILES string of the molecule is Cc1ccc(F)c(-c2ccc(F)cc2CNC2CC2)c1F. The minimum absolute atomic E-state index is 0.0809. The van der Waals surface area contributed by atoms with Crippen molar-refractivity contribution in [3.63, 3.8) is 0 Å². The van der Waals surface area contributed by atoms with Gasteiger partial charge in [-0.2, -0.15) is 0 Å². The van der Waals surface area contributed by atoms with E-state index < -0.39 is 17.5 Å². The van der Waals surface area contributed by atoms with E-state index in [9.17, 15) is 13.2 Å². The molecule has 110 valence electrons. The van der Waals surface area contributed by atoms with Crippen LogP contribution >= 0.6 is 0 Å². The molecule has 1 fully saturated rings. The van der Waals surface area contributed by atoms with Gasteiger partial charge in [0.05, 0.1) is 5.56 Å². The van der Waals surface area contributed by atoms with Gasteiger partial charge in [0.1, 0.15) is 17.5 Å². The zero-order valence-corrected chi connectivity index (χ0v) is 11.7. The molecule has 2 aromatic rings. The number of benzene rings is 2. The molecule has 1 N–H and O–H groups in total. The first-order valence-corrected chi connectivity index (χ1v) is 7.03. The van der Waals surface area contributed by atoms with Crippen LogP contribution in [-0.2, 0) is 6.54 Å². The molecule has 4 heteroatoms. The molecule has 1 saturated carbocycles. The third-order valence-electron chi connectivity index (χ3n) is 3.78. The predicted octanol–water partition coefficient (Wildman–Crippen LogP) is 4.33. The lowest BCUT2D eigenvalue weighted by atomic mass is 9.96. The standard InChI is InChI=1S/C17H16F3N/c1-10-2-7-15(19)16(17(10)20)14-6-3-12(18)8-11(14)9-21-13-4-5-13/h2-3,6-8,13,21H,4-5,9H2,1H3. The maximum atomic E-state index is 14.3. The molecule has 0 spiro atoms. The third kappa shape index (κ3) is 2.95. The molecule has 0 unspecified atom stereocenters. The fraction of sp³-hybridized carbons (Fsp3) is 0.294. The highest BCUT2D eigenvalue weighted by atomic mass is 19.1. The quantitative estimate of drug-likeness (QED) is 0.884. The van der Waals surface area contributed by atoms with E-state index in [1.807, 2.05) is 0 Å². The molecule has 1 nitrogen and oxygen atoms in total. The third-order valence-corrected chi connectivity index (χ3v) is 3.78. The highest BCUT2D eigenvalue weighted by molar-refractivity contribution is 5.69. The Morgan fingerprint density at radius 3 is 2.57 bits per heavy atom. The minimum Gasteiger partial charge on any atom is -0.310 e. The van der Waals surface area contributed by atoms with Crippen molar-refractivity contribution in [2.24, 2.45) is 0 Å². The largest absolute Gasteiger partial charge is 0.310 e. The zero-order chi connectivity index (χ0) is 15.0. The molecule has 0 saturated heterocycles. The lowest BCUT2D eigenvalue weighted by Crippen LogP contribution is -2.16. The highest BCUT2D eigenvalue weighted by Crippen LogP contribution is 2.31. The van der Waals surface area contributed by atoms with E-state index >= 15 is 0 Å². The maximum Gasteiger partial charge on any atom is 0.136 e. The fourth-order valence-corrected chi connectivity index (χ4v) is 2.40. The molecule has 0 amide bonds. The number of aryl methyl sites for hydroxylation is 1. The van der Waals surface area contributed by atoms with Gasteiger partial charge in [-0.25, -0.2) is 13.2 Å². The Labute approximate surface area is 121 Å². The van der Waals surface area contributed by atoms with Crippen LogP contribution in [0.15, 0.2) is 30.3 Å². The van der Waals surface area contributed by atoms with Gasteiger partial charge in [-0.3, -0.25) is 0 Å². The second kappa shape index (κ2) is 5.53. The van der Waals surface area contributed by atoms with E-state index in [4.69, 9.17) is 0 Å². The average molecular weight is 291 g/mol. The predicted molar refractivity (Wildman–Crippen MR) is 76.4 cm³/mol. The van der Waals surface area contributed by atoms with E-state index in [0.29, 0.717) is 29.3 Å². The van der Waals surface area contributed by atoms with Crippen LogP contribution < -0.4 is 5.32 Å². The molecule has 3 rings (SSSR count). The van der Waals surface area contributed by atoms with Crippen LogP contribution in [0.3, 0.4) is 0 Å². The van der Waals surface area contributed by atoms with Crippen molar-refractivity contribution in [2.45, 2.75) is 32.4 Å². The van der Waals surface area contributed by atoms with Crippen molar-refractivity contribution in [1.82, 2.24) is 5.32 Å². The molecular formula is C17H16F3N. The first-order chi connectivity index (χ1) is 10.1. The smallest absolute Gasteiger partial charge is 0.136 e. The Balaban J connectivity index is 2.06. The Bertz CT molecular complexity index is 678. The van der Waals surface area contributed by atoms with Gasteiger partial charge in [0.15, 0.2) is 0 Å². The number of hydrogen-bond donors (Lipinski definition) is 1. The molecule has 0 aliphatic heterocycles. The number of nitrogens with one attached hydrogen (secondary N) is 1. The van der Waals surface area contributed by atoms with Crippen molar-refractivity contribution < 1.29 is 13.2 Å². The summed E-state index contributed by atoms with van der Waals surface area (Å²) >= 11 is 0. The minimum atomic E-state index is -0.627. The van der Waals surface area contributed by atoms with E-state index in [1.165, 1.54) is 30.3 Å². The van der Waals surface area contributed by atoms with Crippen LogP contribution in [-0.4, -0.2) is 6.04 Å². The lowest BCUT2D eigenvalue weighted by Gasteiger charge is -2.13. The lowest BCUT2D eigenvalue weighted by molar-refractivity contribution is 0.582. The maximum absolute atomic E-state index is 14.3. The second-order valence-corrected chi connectivity index (χ2v) is 5.51. The molecule has 1 aliphatic rings. The van der Waals surface area contributed by atoms with Crippen molar-refractivity contribution in [3.05, 3.63) is 58.9 Å². The van der Waals surface area contributed by atoms with Crippen LogP contribution in [0.5, 0.6) is 0 Å². The highest BCUT2D eigenvalue weighted by Gasteiger charge is 2.22. The van der Waals surface area contributed by atoms with Crippen molar-refractivity contribution in [1.29, 1.82) is 0 Å². The molecule has 0 aromatic heterocycles. The number of rotatable bonds is 4. The van der Waals surface area contributed by atoms with Crippen LogP contribution in [0.1, 0.15) is 24.0 Å². The first-order valence-electron chi connectivity index (χ1n) is 7.03. The molecule has 0 radical (unpaired) electrons. The Morgan fingerprint density at radius 1 is 1.10 bits per heavy atom. The summed E-state index contributed by atoms with van der Waals surface area (Å²) in [5, 5.41) is 3.25. The zero-order valence-electron chi connectivity index (χ0n) is 11.7. The molecule has 2 aromatic carbocycles. The topological polar surface area (TPSA) is 12.0 Å². The summed E-state index contributed by atoms with van der Waals surface area (Å²) in [4.78, 5) is 0. The first kappa shape index (κ1) is 14.1. The molecule has 21 heavy (non-hydrogen) atoms. The molecule has 1 aliphatic carbocycles. The van der Waals surface area contributed by atoms with Gasteiger partial charge in [0.2, 0.25) is 0 Å². The second-order valence-electron chi connectivity index (χ2n) is 5.51. The number of halogens is 3. The van der Waals surface area contributed by atoms with Gasteiger partial charge < -0.3 is 5.32 Å². The Kier molecular flexibility index (Phi) is 3.72. The van der Waals surface area contributed by atoms with E-state index in [-0.39, 0.29) is 5.56 Å². The van der Waals surface area contributed by atoms with Crippen LogP contribution in [0.4, 0.5) is 13.2 Å². The van der Waals surface area contributed by atoms with Crippen molar-refractivity contribution in [2.75, 3.05) is 0 Å². The van der Waals surface area contributed by atoms with Crippen molar-refractivity contribution >= 4 is 0 Å². The van der Waals surface area contributed by atoms with Gasteiger partial charge in [0, 0.05) is 12.6 Å². The van der Waals surface area contributed by atoms with Crippen LogP contribution in [0.2, 0.25) is 0 Å². The van der Waals surface area contributed by atoms with E-state index in [1.54, 1.807) is 6.92 Å². The van der Waals surface area contributed by atoms with Crippen LogP contribution in [0.25, 0.3) is 11.1 Å². The van der Waals surface area contributed by atoms with Crippen molar-refractivity contribution in [3.8, 4) is 11.1 Å². The van der Waals surface area contributed by atoms with Crippen LogP contribution in [0, 0.1) is 24.4 Å². The van der Waals surface area contributed by atoms with E-state index in [0.717, 1.165) is 12.8 Å². The summed E-state index contributed by atoms with van der Waals surface area (Å²) in [6.45, 7) is 1.99. The summed E-state index contributed by atoms with van der Waals surface area (Å²) < 4.78 is 41.8. The summed E-state index contributed by atoms with van der Waals surface area (Å²) in [5.74, 6) is -1.62. The molecule has 0 heterocycles. The molecule has 0 bridgehead atoms. The monoisotopic (exact) mass is 291 g/mol. The Morgan fingerprint density at radius 2 is 1.86 bits per heavy atom. The molecule has 0 atom stereocenters. The molecular weight excluding hydrogens is 275 g/mol. The fourth-order valence-electron chi connectivity index (χ4n) is 2.40. The van der Waals surface area contributed by atoms with E-state index in [2.05, 4.69) is 5.32 Å². The van der Waals surface area contributed by atoms with Gasteiger partial charge >= 0.3 is 0 Å². The average Bonchev–Trinajstić information content (AvgIpc) is 3.27. The van der Waals surface area contributed by atoms with Gasteiger partial charge in [-0.15, -0.1) is 0 Å². The summed E-state index contributed by atoms with van der Waals surface area (Å²) in [6.07, 6.45) is 2.19. The summed E-state index contributed by atoms with van der Waals surface area (Å²) in [7, 11) is 0. The van der Waals surface area contributed by atoms with Gasteiger partial charge in [-0.1, -0.05) is 12.1 Å². The van der Waals surface area contributed by atoms with Gasteiger partial charge in [0.25, 0.3) is 0 Å².